The van der Waals surface area contributed by atoms with Crippen LogP contribution in [0.4, 0.5) is 0 Å². The Morgan fingerprint density at radius 3 is 2.63 bits per heavy atom. The predicted molar refractivity (Wildman–Crippen MR) is 99.7 cm³/mol. The lowest BCUT2D eigenvalue weighted by molar-refractivity contribution is -0.121. The number of hydrogen-bond donors (Lipinski definition) is 1. The van der Waals surface area contributed by atoms with E-state index < -0.39 is 0 Å². The van der Waals surface area contributed by atoms with E-state index in [0.29, 0.717) is 42.6 Å². The molecule has 2 aromatic heterocycles. The van der Waals surface area contributed by atoms with Crippen LogP contribution < -0.4 is 5.32 Å². The van der Waals surface area contributed by atoms with E-state index >= 15 is 0 Å². The van der Waals surface area contributed by atoms with E-state index in [1.54, 1.807) is 6.20 Å². The van der Waals surface area contributed by atoms with Gasteiger partial charge in [0, 0.05) is 23.8 Å². The molecule has 27 heavy (non-hydrogen) atoms. The summed E-state index contributed by atoms with van der Waals surface area (Å²) in [5.74, 6) is 2.35. The summed E-state index contributed by atoms with van der Waals surface area (Å²) >= 11 is 0. The number of aromatic nitrogens is 3. The molecule has 0 aliphatic heterocycles. The maximum atomic E-state index is 12.0. The van der Waals surface area contributed by atoms with Crippen molar-refractivity contribution in [1.29, 1.82) is 0 Å². The molecule has 0 fully saturated rings. The molecule has 0 saturated heterocycles. The topological polar surface area (TPSA) is 94.1 Å². The molecule has 0 bridgehead atoms. The van der Waals surface area contributed by atoms with E-state index in [-0.39, 0.29) is 17.9 Å². The Kier molecular flexibility index (Phi) is 5.69. The second-order valence-electron chi connectivity index (χ2n) is 7.38. The number of aryl methyl sites for hydroxylation is 1. The van der Waals surface area contributed by atoms with Gasteiger partial charge in [-0.05, 0) is 6.42 Å². The van der Waals surface area contributed by atoms with Gasteiger partial charge >= 0.3 is 0 Å². The maximum Gasteiger partial charge on any atom is 0.226 e. The molecule has 3 rings (SSSR count). The lowest BCUT2D eigenvalue weighted by Gasteiger charge is -2.10. The average molecular weight is 368 g/mol. The lowest BCUT2D eigenvalue weighted by atomic mass is 9.96. The van der Waals surface area contributed by atoms with Crippen molar-refractivity contribution in [3.05, 3.63) is 54.1 Å². The van der Waals surface area contributed by atoms with Crippen molar-refractivity contribution in [1.82, 2.24) is 20.4 Å². The van der Waals surface area contributed by atoms with E-state index in [4.69, 9.17) is 8.94 Å². The molecule has 2 heterocycles. The summed E-state index contributed by atoms with van der Waals surface area (Å²) in [6, 6.07) is 9.72. The van der Waals surface area contributed by atoms with E-state index in [9.17, 15) is 4.79 Å². The number of rotatable bonds is 7. The minimum atomic E-state index is -0.145. The molecular weight excluding hydrogens is 344 g/mol. The molecule has 0 atom stereocenters. The number of nitrogens with zero attached hydrogens (tertiary/aromatic N) is 3. The second-order valence-corrected chi connectivity index (χ2v) is 7.38. The van der Waals surface area contributed by atoms with Crippen LogP contribution in [-0.4, -0.2) is 21.0 Å². The Morgan fingerprint density at radius 1 is 1.15 bits per heavy atom. The van der Waals surface area contributed by atoms with Crippen LogP contribution in [0.25, 0.3) is 11.3 Å². The van der Waals surface area contributed by atoms with Crippen molar-refractivity contribution in [3.63, 3.8) is 0 Å². The molecule has 0 aliphatic rings. The van der Waals surface area contributed by atoms with Crippen LogP contribution in [0.2, 0.25) is 0 Å². The van der Waals surface area contributed by atoms with Gasteiger partial charge in [0.1, 0.15) is 0 Å². The first kappa shape index (κ1) is 18.8. The predicted octanol–water partition coefficient (Wildman–Crippen LogP) is 3.66. The molecule has 0 spiro atoms. The van der Waals surface area contributed by atoms with Gasteiger partial charge in [0.25, 0.3) is 0 Å². The molecule has 0 aliphatic carbocycles. The van der Waals surface area contributed by atoms with E-state index in [1.165, 1.54) is 0 Å². The van der Waals surface area contributed by atoms with Crippen molar-refractivity contribution in [2.45, 2.75) is 52.0 Å². The molecule has 1 amide bonds. The summed E-state index contributed by atoms with van der Waals surface area (Å²) < 4.78 is 10.9. The fourth-order valence-corrected chi connectivity index (χ4v) is 2.45. The van der Waals surface area contributed by atoms with Crippen molar-refractivity contribution in [3.8, 4) is 11.3 Å². The first-order valence-electron chi connectivity index (χ1n) is 9.02. The van der Waals surface area contributed by atoms with Crippen molar-refractivity contribution in [2.24, 2.45) is 0 Å². The number of hydrogen-bond acceptors (Lipinski definition) is 6. The Bertz CT molecular complexity index is 878. The third-order valence-electron chi connectivity index (χ3n) is 3.98. The monoisotopic (exact) mass is 368 g/mol. The highest BCUT2D eigenvalue weighted by molar-refractivity contribution is 5.75. The number of carbonyl (C=O) groups is 1. The molecule has 1 N–H and O–H groups in total. The third kappa shape index (κ3) is 5.26. The molecule has 142 valence electrons. The molecule has 7 nitrogen and oxygen atoms in total. The Morgan fingerprint density at radius 2 is 1.93 bits per heavy atom. The van der Waals surface area contributed by atoms with Crippen LogP contribution in [0.3, 0.4) is 0 Å². The highest BCUT2D eigenvalue weighted by Gasteiger charge is 2.20. The summed E-state index contributed by atoms with van der Waals surface area (Å²) in [7, 11) is 0. The number of carbonyl (C=O) groups excluding carboxylic acids is 1. The minimum Gasteiger partial charge on any atom is -0.439 e. The van der Waals surface area contributed by atoms with Gasteiger partial charge in [0.2, 0.25) is 17.7 Å². The maximum absolute atomic E-state index is 12.0. The lowest BCUT2D eigenvalue weighted by Crippen LogP contribution is -2.22. The number of amides is 1. The standard InChI is InChI=1S/C20H24N4O3/c1-20(2,3)19-23-17(27-24-19)11-7-10-16(25)21-13-18-22-12-15(26-18)14-8-5-4-6-9-14/h4-6,8-9,12H,7,10-11,13H2,1-3H3,(H,21,25). The summed E-state index contributed by atoms with van der Waals surface area (Å²) in [6.45, 7) is 6.35. The van der Waals surface area contributed by atoms with Gasteiger partial charge in [-0.25, -0.2) is 4.98 Å². The van der Waals surface area contributed by atoms with Gasteiger partial charge < -0.3 is 14.3 Å². The molecule has 7 heteroatoms. The molecular formula is C20H24N4O3. The van der Waals surface area contributed by atoms with Crippen LogP contribution in [0, 0.1) is 0 Å². The van der Waals surface area contributed by atoms with Gasteiger partial charge in [0.05, 0.1) is 12.7 Å². The van der Waals surface area contributed by atoms with Crippen LogP contribution in [0.15, 0.2) is 45.5 Å². The zero-order chi connectivity index (χ0) is 19.3. The van der Waals surface area contributed by atoms with E-state index in [2.05, 4.69) is 20.4 Å². The fourth-order valence-electron chi connectivity index (χ4n) is 2.45. The number of oxazole rings is 1. The smallest absolute Gasteiger partial charge is 0.226 e. The Labute approximate surface area is 158 Å². The zero-order valence-electron chi connectivity index (χ0n) is 15.9. The first-order chi connectivity index (χ1) is 12.9. The van der Waals surface area contributed by atoms with Crippen LogP contribution >= 0.6 is 0 Å². The summed E-state index contributed by atoms with van der Waals surface area (Å²) in [4.78, 5) is 20.6. The normalized spacial score (nSPS) is 11.5. The Hall–Kier alpha value is -2.96. The fraction of sp³-hybridized carbons (Fsp3) is 0.400. The van der Waals surface area contributed by atoms with Gasteiger partial charge in [0.15, 0.2) is 11.6 Å². The van der Waals surface area contributed by atoms with Crippen molar-refractivity contribution >= 4 is 5.91 Å². The average Bonchev–Trinajstić information content (AvgIpc) is 3.30. The van der Waals surface area contributed by atoms with Crippen molar-refractivity contribution in [2.75, 3.05) is 0 Å². The van der Waals surface area contributed by atoms with Crippen molar-refractivity contribution < 1.29 is 13.7 Å². The summed E-state index contributed by atoms with van der Waals surface area (Å²) in [6.07, 6.45) is 3.25. The quantitative estimate of drug-likeness (QED) is 0.684. The highest BCUT2D eigenvalue weighted by Crippen LogP contribution is 2.20. The number of benzene rings is 1. The first-order valence-corrected chi connectivity index (χ1v) is 9.02. The molecule has 0 saturated carbocycles. The van der Waals surface area contributed by atoms with Crippen LogP contribution in [-0.2, 0) is 23.2 Å². The van der Waals surface area contributed by atoms with Gasteiger partial charge in [-0.15, -0.1) is 0 Å². The second kappa shape index (κ2) is 8.16. The third-order valence-corrected chi connectivity index (χ3v) is 3.98. The molecule has 0 radical (unpaired) electrons. The van der Waals surface area contributed by atoms with Crippen LogP contribution in [0.5, 0.6) is 0 Å². The zero-order valence-corrected chi connectivity index (χ0v) is 15.9. The number of nitrogens with one attached hydrogen (secondary N) is 1. The van der Waals surface area contributed by atoms with Gasteiger partial charge in [-0.2, -0.15) is 4.98 Å². The molecule has 1 aromatic carbocycles. The highest BCUT2D eigenvalue weighted by atomic mass is 16.5. The SMILES string of the molecule is CC(C)(C)c1noc(CCCC(=O)NCc2ncc(-c3ccccc3)o2)n1. The van der Waals surface area contributed by atoms with Gasteiger partial charge in [-0.1, -0.05) is 56.3 Å². The largest absolute Gasteiger partial charge is 0.439 e. The minimum absolute atomic E-state index is 0.0648. The van der Waals surface area contributed by atoms with Crippen LogP contribution in [0.1, 0.15) is 51.2 Å². The van der Waals surface area contributed by atoms with E-state index in [1.807, 2.05) is 51.1 Å². The molecule has 0 unspecified atom stereocenters. The summed E-state index contributed by atoms with van der Waals surface area (Å²) in [5, 5.41) is 6.80. The van der Waals surface area contributed by atoms with E-state index in [0.717, 1.165) is 5.56 Å². The Balaban J connectivity index is 1.41. The molecule has 3 aromatic rings. The summed E-state index contributed by atoms with van der Waals surface area (Å²) in [5.41, 5.74) is 0.810. The van der Waals surface area contributed by atoms with Gasteiger partial charge in [-0.3, -0.25) is 4.79 Å².